The maximum absolute atomic E-state index is 12.6. The number of aliphatic hydroxyl groups excluding tert-OH is 1. The summed E-state index contributed by atoms with van der Waals surface area (Å²) in [5.41, 5.74) is 3.97. The number of benzene rings is 2. The van der Waals surface area contributed by atoms with Crippen LogP contribution in [0.2, 0.25) is 0 Å². The number of hydrogen-bond donors (Lipinski definition) is 2. The third kappa shape index (κ3) is 3.93. The summed E-state index contributed by atoms with van der Waals surface area (Å²) in [6.45, 7) is 3.27. The van der Waals surface area contributed by atoms with Gasteiger partial charge in [0.15, 0.2) is 0 Å². The van der Waals surface area contributed by atoms with Crippen LogP contribution in [0.5, 0.6) is 0 Å². The Kier molecular flexibility index (Phi) is 5.97. The first-order valence-electron chi connectivity index (χ1n) is 9.06. The second-order valence-corrected chi connectivity index (χ2v) is 7.17. The quantitative estimate of drug-likeness (QED) is 0.863. The van der Waals surface area contributed by atoms with Crippen molar-refractivity contribution in [1.82, 2.24) is 4.90 Å². The lowest BCUT2D eigenvalue weighted by atomic mass is 9.78. The zero-order valence-corrected chi connectivity index (χ0v) is 15.5. The predicted molar refractivity (Wildman–Crippen MR) is 106 cm³/mol. The molecule has 2 aromatic carbocycles. The second kappa shape index (κ2) is 8.21. The molecule has 5 rings (SSSR count). The van der Waals surface area contributed by atoms with Gasteiger partial charge in [0.05, 0.1) is 12.5 Å². The van der Waals surface area contributed by atoms with Crippen molar-refractivity contribution in [2.75, 3.05) is 25.0 Å². The van der Waals surface area contributed by atoms with Crippen LogP contribution in [-0.4, -0.2) is 35.5 Å². The number of nitrogens with one attached hydrogen (secondary N) is 1. The monoisotopic (exact) mass is 372 g/mol. The molecular weight excluding hydrogens is 348 g/mol. The van der Waals surface area contributed by atoms with Crippen LogP contribution in [0.25, 0.3) is 11.1 Å². The number of piperidine rings is 3. The lowest BCUT2D eigenvalue weighted by Gasteiger charge is -2.43. The lowest BCUT2D eigenvalue weighted by molar-refractivity contribution is -0.125. The van der Waals surface area contributed by atoms with E-state index >= 15 is 0 Å². The molecule has 4 nitrogen and oxygen atoms in total. The molecule has 0 aromatic heterocycles. The van der Waals surface area contributed by atoms with Gasteiger partial charge in [0.25, 0.3) is 0 Å². The molecule has 3 aliphatic heterocycles. The zero-order valence-electron chi connectivity index (χ0n) is 14.7. The van der Waals surface area contributed by atoms with Gasteiger partial charge in [0.2, 0.25) is 5.91 Å². The van der Waals surface area contributed by atoms with E-state index < -0.39 is 0 Å². The van der Waals surface area contributed by atoms with E-state index in [4.69, 9.17) is 5.11 Å². The topological polar surface area (TPSA) is 52.6 Å². The highest BCUT2D eigenvalue weighted by Gasteiger charge is 2.38. The molecule has 2 N–H and O–H groups in total. The van der Waals surface area contributed by atoms with E-state index in [1.165, 1.54) is 0 Å². The van der Waals surface area contributed by atoms with Gasteiger partial charge in [-0.25, -0.2) is 0 Å². The Morgan fingerprint density at radius 2 is 1.58 bits per heavy atom. The number of halogens is 1. The number of carbonyl (C=O) groups excluding carboxylic acids is 1. The minimum atomic E-state index is 0. The van der Waals surface area contributed by atoms with Crippen LogP contribution < -0.4 is 5.32 Å². The van der Waals surface area contributed by atoms with Crippen LogP contribution in [0.15, 0.2) is 48.5 Å². The van der Waals surface area contributed by atoms with E-state index in [1.54, 1.807) is 0 Å². The summed E-state index contributed by atoms with van der Waals surface area (Å²) in [6.07, 6.45) is 2.31. The van der Waals surface area contributed by atoms with Gasteiger partial charge in [-0.05, 0) is 60.7 Å². The third-order valence-corrected chi connectivity index (χ3v) is 5.62. The van der Waals surface area contributed by atoms with Gasteiger partial charge in [-0.1, -0.05) is 36.4 Å². The average molecular weight is 373 g/mol. The summed E-state index contributed by atoms with van der Waals surface area (Å²) in [6, 6.07) is 15.9. The molecule has 3 aliphatic rings. The van der Waals surface area contributed by atoms with Crippen molar-refractivity contribution in [2.24, 2.45) is 11.8 Å². The summed E-state index contributed by atoms with van der Waals surface area (Å²) in [5.74, 6) is 0.844. The van der Waals surface area contributed by atoms with Crippen LogP contribution in [0.4, 0.5) is 5.69 Å². The van der Waals surface area contributed by atoms with E-state index in [1.807, 2.05) is 48.5 Å². The number of fused-ring (bicyclic) bond motifs is 3. The van der Waals surface area contributed by atoms with E-state index in [2.05, 4.69) is 10.2 Å². The normalized spacial score (nSPS) is 24.0. The molecule has 26 heavy (non-hydrogen) atoms. The molecule has 3 saturated heterocycles. The van der Waals surface area contributed by atoms with Crippen molar-refractivity contribution in [3.8, 4) is 11.1 Å². The zero-order chi connectivity index (χ0) is 17.2. The van der Waals surface area contributed by atoms with Crippen molar-refractivity contribution in [2.45, 2.75) is 19.4 Å². The molecule has 3 fully saturated rings. The number of nitrogens with zero attached hydrogens (tertiary/aromatic N) is 1. The highest BCUT2D eigenvalue weighted by Crippen LogP contribution is 2.33. The summed E-state index contributed by atoms with van der Waals surface area (Å²) in [5, 5.41) is 12.2. The molecule has 2 bridgehead atoms. The molecule has 5 heteroatoms. The molecule has 0 unspecified atom stereocenters. The van der Waals surface area contributed by atoms with E-state index in [9.17, 15) is 4.79 Å². The second-order valence-electron chi connectivity index (χ2n) is 7.17. The van der Waals surface area contributed by atoms with Gasteiger partial charge < -0.3 is 15.3 Å². The standard InChI is InChI=1S/C21H24N2O2.ClH/c24-14-15-1-3-16(4-2-15)17-5-7-19(8-6-17)22-21(25)20-13-23-11-9-18(20)10-12-23;/h1-8,18,20,24H,9-14H2,(H,22,25);1H/t20-;/m1./s1. The third-order valence-electron chi connectivity index (χ3n) is 5.62. The fraction of sp³-hybridized carbons (Fsp3) is 0.381. The summed E-state index contributed by atoms with van der Waals surface area (Å²) >= 11 is 0. The molecule has 0 aliphatic carbocycles. The van der Waals surface area contributed by atoms with Crippen molar-refractivity contribution in [3.05, 3.63) is 54.1 Å². The number of anilines is 1. The Hall–Kier alpha value is -1.88. The van der Waals surface area contributed by atoms with Crippen LogP contribution in [-0.2, 0) is 11.4 Å². The molecule has 3 heterocycles. The SMILES string of the molecule is Cl.O=C(Nc1ccc(-c2ccc(CO)cc2)cc1)[C@@H]1CN2CCC1CC2. The maximum atomic E-state index is 12.6. The fourth-order valence-corrected chi connectivity index (χ4v) is 4.05. The summed E-state index contributed by atoms with van der Waals surface area (Å²) in [4.78, 5) is 15.0. The molecule has 1 amide bonds. The van der Waals surface area contributed by atoms with Crippen LogP contribution in [0.3, 0.4) is 0 Å². The van der Waals surface area contributed by atoms with Crippen LogP contribution >= 0.6 is 12.4 Å². The van der Waals surface area contributed by atoms with E-state index in [0.29, 0.717) is 5.92 Å². The summed E-state index contributed by atoms with van der Waals surface area (Å²) in [7, 11) is 0. The number of carbonyl (C=O) groups is 1. The smallest absolute Gasteiger partial charge is 0.229 e. The number of aliphatic hydroxyl groups is 1. The maximum Gasteiger partial charge on any atom is 0.229 e. The van der Waals surface area contributed by atoms with Gasteiger partial charge in [-0.15, -0.1) is 12.4 Å². The minimum absolute atomic E-state index is 0. The Balaban J connectivity index is 0.00000196. The lowest BCUT2D eigenvalue weighted by Crippen LogP contribution is -2.51. The van der Waals surface area contributed by atoms with Crippen LogP contribution in [0, 0.1) is 11.8 Å². The largest absolute Gasteiger partial charge is 0.392 e. The van der Waals surface area contributed by atoms with Gasteiger partial charge in [-0.3, -0.25) is 4.79 Å². The molecular formula is C21H25ClN2O2. The highest BCUT2D eigenvalue weighted by molar-refractivity contribution is 5.93. The Morgan fingerprint density at radius 1 is 1.00 bits per heavy atom. The van der Waals surface area contributed by atoms with Crippen molar-refractivity contribution >= 4 is 24.0 Å². The van der Waals surface area contributed by atoms with Gasteiger partial charge in [-0.2, -0.15) is 0 Å². The van der Waals surface area contributed by atoms with Crippen molar-refractivity contribution < 1.29 is 9.90 Å². The first-order chi connectivity index (χ1) is 12.2. The Morgan fingerprint density at radius 3 is 2.08 bits per heavy atom. The van der Waals surface area contributed by atoms with E-state index in [-0.39, 0.29) is 30.8 Å². The van der Waals surface area contributed by atoms with Gasteiger partial charge >= 0.3 is 0 Å². The van der Waals surface area contributed by atoms with E-state index in [0.717, 1.165) is 54.9 Å². The molecule has 1 atom stereocenters. The molecule has 0 saturated carbocycles. The van der Waals surface area contributed by atoms with Gasteiger partial charge in [0, 0.05) is 12.2 Å². The molecule has 2 aromatic rings. The highest BCUT2D eigenvalue weighted by atomic mass is 35.5. The van der Waals surface area contributed by atoms with Crippen molar-refractivity contribution in [3.63, 3.8) is 0 Å². The average Bonchev–Trinajstić information content (AvgIpc) is 2.69. The minimum Gasteiger partial charge on any atom is -0.392 e. The Bertz CT molecular complexity index is 738. The molecule has 138 valence electrons. The Labute approximate surface area is 160 Å². The first kappa shape index (κ1) is 18.9. The number of hydrogen-bond acceptors (Lipinski definition) is 3. The number of amides is 1. The summed E-state index contributed by atoms with van der Waals surface area (Å²) < 4.78 is 0. The van der Waals surface area contributed by atoms with Gasteiger partial charge in [0.1, 0.15) is 0 Å². The van der Waals surface area contributed by atoms with Crippen molar-refractivity contribution in [1.29, 1.82) is 0 Å². The van der Waals surface area contributed by atoms with Crippen LogP contribution in [0.1, 0.15) is 18.4 Å². The molecule has 0 radical (unpaired) electrons. The first-order valence-corrected chi connectivity index (χ1v) is 9.06. The predicted octanol–water partition coefficient (Wildman–Crippen LogP) is 3.55. The fourth-order valence-electron chi connectivity index (χ4n) is 4.05. The number of rotatable bonds is 4. The molecule has 0 spiro atoms.